The molecule has 0 aromatic rings. The average molecular weight is 339 g/mol. The van der Waals surface area contributed by atoms with Crippen molar-refractivity contribution in [2.24, 2.45) is 0 Å². The largest absolute Gasteiger partial charge is 0.450 e. The van der Waals surface area contributed by atoms with Crippen LogP contribution < -0.4 is 5.32 Å². The minimum atomic E-state index is -0.864. The number of hydrogen-bond donors (Lipinski definition) is 2. The first kappa shape index (κ1) is 21.5. The molecule has 0 aromatic carbocycles. The number of ether oxygens (including phenoxy) is 3. The molecule has 0 aliphatic rings. The maximum atomic E-state index is 11.7. The molecule has 0 radical (unpaired) electrons. The van der Waals surface area contributed by atoms with Crippen molar-refractivity contribution in [2.45, 2.75) is 44.9 Å². The van der Waals surface area contributed by atoms with E-state index in [0.717, 1.165) is 24.9 Å². The van der Waals surface area contributed by atoms with Crippen LogP contribution in [0.1, 0.15) is 33.1 Å². The van der Waals surface area contributed by atoms with Crippen molar-refractivity contribution in [3.05, 3.63) is 0 Å². The van der Waals surface area contributed by atoms with Crippen molar-refractivity contribution in [3.8, 4) is 0 Å². The lowest BCUT2D eigenvalue weighted by atomic mass is 9.99. The number of amides is 1. The number of nitrogens with one attached hydrogen (secondary N) is 1. The summed E-state index contributed by atoms with van der Waals surface area (Å²) < 4.78 is 20.7. The van der Waals surface area contributed by atoms with Gasteiger partial charge in [0.15, 0.2) is 6.29 Å². The molecule has 2 N–H and O–H groups in total. The molecular formula is C14H29NO6S. The fourth-order valence-electron chi connectivity index (χ4n) is 1.78. The Morgan fingerprint density at radius 2 is 2.09 bits per heavy atom. The van der Waals surface area contributed by atoms with Crippen molar-refractivity contribution in [2.75, 3.05) is 39.8 Å². The van der Waals surface area contributed by atoms with Crippen LogP contribution in [0.15, 0.2) is 0 Å². The molecule has 0 saturated carbocycles. The van der Waals surface area contributed by atoms with Crippen LogP contribution in [0.3, 0.4) is 0 Å². The summed E-state index contributed by atoms with van der Waals surface area (Å²) in [5.41, 5.74) is -0.864. The van der Waals surface area contributed by atoms with Crippen LogP contribution in [0.25, 0.3) is 0 Å². The Hall–Kier alpha value is -0.540. The number of methoxy groups -OCH3 is 1. The zero-order chi connectivity index (χ0) is 16.8. The number of aliphatic hydroxyl groups excluding tert-OH is 1. The van der Waals surface area contributed by atoms with Crippen LogP contribution in [0.4, 0.5) is 4.79 Å². The molecule has 2 atom stereocenters. The predicted molar refractivity (Wildman–Crippen MR) is 85.7 cm³/mol. The summed E-state index contributed by atoms with van der Waals surface area (Å²) in [4.78, 5) is 11.7. The van der Waals surface area contributed by atoms with Crippen LogP contribution in [0.5, 0.6) is 0 Å². The minimum Gasteiger partial charge on any atom is -0.450 e. The summed E-state index contributed by atoms with van der Waals surface area (Å²) in [5.74, 6) is 0.383. The van der Waals surface area contributed by atoms with Gasteiger partial charge in [0.25, 0.3) is 0 Å². The van der Waals surface area contributed by atoms with Crippen LogP contribution in [0.2, 0.25) is 0 Å². The number of rotatable bonds is 13. The SMILES string of the molecule is CCCC(OC)OCCC(CO)(CSOC)NC(=O)OCC. The first-order valence-electron chi connectivity index (χ1n) is 7.43. The number of carbonyl (C=O) groups is 1. The van der Waals surface area contributed by atoms with Crippen molar-refractivity contribution >= 4 is 18.1 Å². The first-order valence-corrected chi connectivity index (χ1v) is 8.34. The van der Waals surface area contributed by atoms with Gasteiger partial charge < -0.3 is 28.8 Å². The molecule has 0 bridgehead atoms. The fourth-order valence-corrected chi connectivity index (χ4v) is 2.43. The maximum Gasteiger partial charge on any atom is 0.407 e. The Labute approximate surface area is 137 Å². The maximum absolute atomic E-state index is 11.7. The van der Waals surface area contributed by atoms with Crippen LogP contribution in [0, 0.1) is 0 Å². The van der Waals surface area contributed by atoms with Gasteiger partial charge in [-0.1, -0.05) is 13.3 Å². The van der Waals surface area contributed by atoms with Crippen LogP contribution in [-0.4, -0.2) is 62.8 Å². The summed E-state index contributed by atoms with van der Waals surface area (Å²) in [6.07, 6.45) is 1.32. The monoisotopic (exact) mass is 339 g/mol. The normalized spacial score (nSPS) is 15.1. The Balaban J connectivity index is 4.58. The van der Waals surface area contributed by atoms with E-state index in [1.54, 1.807) is 14.0 Å². The molecule has 0 heterocycles. The molecule has 0 aliphatic carbocycles. The molecule has 0 aliphatic heterocycles. The molecule has 0 spiro atoms. The molecule has 132 valence electrons. The lowest BCUT2D eigenvalue weighted by Crippen LogP contribution is -2.54. The van der Waals surface area contributed by atoms with E-state index in [2.05, 4.69) is 5.32 Å². The van der Waals surface area contributed by atoms with E-state index in [1.165, 1.54) is 7.11 Å². The number of alkyl carbamates (subject to hydrolysis) is 1. The Kier molecular flexibility index (Phi) is 12.6. The van der Waals surface area contributed by atoms with E-state index in [4.69, 9.17) is 18.4 Å². The van der Waals surface area contributed by atoms with E-state index in [1.807, 2.05) is 6.92 Å². The number of carbonyl (C=O) groups excluding carboxylic acids is 1. The van der Waals surface area contributed by atoms with Gasteiger partial charge in [0.1, 0.15) is 0 Å². The third-order valence-corrected chi connectivity index (χ3v) is 3.98. The highest BCUT2D eigenvalue weighted by molar-refractivity contribution is 7.94. The second kappa shape index (κ2) is 13.0. The zero-order valence-electron chi connectivity index (χ0n) is 13.9. The van der Waals surface area contributed by atoms with E-state index in [9.17, 15) is 9.90 Å². The van der Waals surface area contributed by atoms with Gasteiger partial charge in [-0.05, 0) is 31.8 Å². The van der Waals surface area contributed by atoms with E-state index in [-0.39, 0.29) is 19.5 Å². The van der Waals surface area contributed by atoms with Crippen LogP contribution in [-0.2, 0) is 18.4 Å². The fraction of sp³-hybridized carbons (Fsp3) is 0.929. The van der Waals surface area contributed by atoms with Crippen molar-refractivity contribution in [1.29, 1.82) is 0 Å². The minimum absolute atomic E-state index is 0.239. The molecular weight excluding hydrogens is 310 g/mol. The molecule has 2 unspecified atom stereocenters. The molecule has 1 amide bonds. The molecule has 0 aromatic heterocycles. The van der Waals surface area contributed by atoms with Crippen LogP contribution >= 0.6 is 12.0 Å². The Morgan fingerprint density at radius 3 is 2.59 bits per heavy atom. The zero-order valence-corrected chi connectivity index (χ0v) is 14.7. The standard InChI is InChI=1S/C14H29NO6S/c1-5-7-12(18-3)21-9-8-14(10-16,11-22-19-4)15-13(17)20-6-2/h12,16H,5-11H2,1-4H3,(H,15,17). The van der Waals surface area contributed by atoms with Gasteiger partial charge in [-0.2, -0.15) is 0 Å². The van der Waals surface area contributed by atoms with E-state index < -0.39 is 11.6 Å². The highest BCUT2D eigenvalue weighted by Crippen LogP contribution is 2.19. The molecule has 7 nitrogen and oxygen atoms in total. The molecule has 0 saturated heterocycles. The summed E-state index contributed by atoms with van der Waals surface area (Å²) in [6.45, 7) is 4.14. The van der Waals surface area contributed by atoms with E-state index in [0.29, 0.717) is 18.8 Å². The van der Waals surface area contributed by atoms with Gasteiger partial charge >= 0.3 is 6.09 Å². The molecule has 0 rings (SSSR count). The topological polar surface area (TPSA) is 86.3 Å². The lowest BCUT2D eigenvalue weighted by Gasteiger charge is -2.32. The van der Waals surface area contributed by atoms with Gasteiger partial charge in [0.05, 0.1) is 32.5 Å². The quantitative estimate of drug-likeness (QED) is 0.392. The molecule has 22 heavy (non-hydrogen) atoms. The summed E-state index contributed by atoms with van der Waals surface area (Å²) >= 11 is 1.16. The van der Waals surface area contributed by atoms with E-state index >= 15 is 0 Å². The second-order valence-corrected chi connectivity index (χ2v) is 5.65. The number of hydrogen-bond acceptors (Lipinski definition) is 7. The third-order valence-electron chi connectivity index (χ3n) is 3.07. The summed E-state index contributed by atoms with van der Waals surface area (Å²) in [5, 5.41) is 12.4. The van der Waals surface area contributed by atoms with Gasteiger partial charge in [0, 0.05) is 12.9 Å². The number of aliphatic hydroxyl groups is 1. The highest BCUT2D eigenvalue weighted by atomic mass is 32.2. The molecule has 0 fully saturated rings. The summed E-state index contributed by atoms with van der Waals surface area (Å²) in [7, 11) is 3.13. The van der Waals surface area contributed by atoms with Crippen molar-refractivity contribution in [3.63, 3.8) is 0 Å². The van der Waals surface area contributed by atoms with Gasteiger partial charge in [-0.25, -0.2) is 4.79 Å². The van der Waals surface area contributed by atoms with Crippen molar-refractivity contribution in [1.82, 2.24) is 5.32 Å². The predicted octanol–water partition coefficient (Wildman–Crippen LogP) is 1.94. The first-order chi connectivity index (χ1) is 10.6. The van der Waals surface area contributed by atoms with Gasteiger partial charge in [0.2, 0.25) is 0 Å². The lowest BCUT2D eigenvalue weighted by molar-refractivity contribution is -0.131. The van der Waals surface area contributed by atoms with Gasteiger partial charge in [-0.15, -0.1) is 0 Å². The molecule has 8 heteroatoms. The Morgan fingerprint density at radius 1 is 1.36 bits per heavy atom. The van der Waals surface area contributed by atoms with Crippen molar-refractivity contribution < 1.29 is 28.3 Å². The highest BCUT2D eigenvalue weighted by Gasteiger charge is 2.32. The Bertz CT molecular complexity index is 295. The summed E-state index contributed by atoms with van der Waals surface area (Å²) in [6, 6.07) is 0. The van der Waals surface area contributed by atoms with Gasteiger partial charge in [-0.3, -0.25) is 0 Å². The second-order valence-electron chi connectivity index (χ2n) is 4.79. The third kappa shape index (κ3) is 8.79. The average Bonchev–Trinajstić information content (AvgIpc) is 2.51. The smallest absolute Gasteiger partial charge is 0.407 e.